The van der Waals surface area contributed by atoms with Gasteiger partial charge in [-0.2, -0.15) is 0 Å². The van der Waals surface area contributed by atoms with E-state index in [4.69, 9.17) is 0 Å². The van der Waals surface area contributed by atoms with E-state index in [-0.39, 0.29) is 23.4 Å². The van der Waals surface area contributed by atoms with Gasteiger partial charge in [-0.1, -0.05) is 64.3 Å². The lowest BCUT2D eigenvalue weighted by molar-refractivity contribution is -0.114. The highest BCUT2D eigenvalue weighted by atomic mass is 35.5. The number of rotatable bonds is 14. The van der Waals surface area contributed by atoms with Crippen molar-refractivity contribution in [2.24, 2.45) is 0 Å². The maximum atomic E-state index is 12.8. The average molecular weight is 523 g/mol. The van der Waals surface area contributed by atoms with Gasteiger partial charge in [0.25, 0.3) is 0 Å². The van der Waals surface area contributed by atoms with E-state index < -0.39 is 7.26 Å². The largest absolute Gasteiger partial charge is 0.326 e. The Morgan fingerprint density at radius 3 is 1.74 bits per heavy atom. The summed E-state index contributed by atoms with van der Waals surface area (Å²) in [7, 11) is -0.996. The van der Waals surface area contributed by atoms with E-state index in [1.54, 1.807) is 0 Å². The normalized spacial score (nSPS) is 11.1. The molecule has 0 radical (unpaired) electrons. The van der Waals surface area contributed by atoms with E-state index in [1.165, 1.54) is 87.4 Å². The molecule has 6 heteroatoms. The second kappa shape index (κ2) is 16.3. The number of benzene rings is 2. The molecule has 3 nitrogen and oxygen atoms in total. The van der Waals surface area contributed by atoms with Crippen molar-refractivity contribution in [3.05, 3.63) is 59.7 Å². The van der Waals surface area contributed by atoms with Crippen LogP contribution in [0.1, 0.15) is 82.1 Å². The van der Waals surface area contributed by atoms with Gasteiger partial charge in [0.1, 0.15) is 0 Å². The fourth-order valence-electron chi connectivity index (χ4n) is 4.16. The summed E-state index contributed by atoms with van der Waals surface area (Å²) >= 11 is 1.23. The highest BCUT2D eigenvalue weighted by molar-refractivity contribution is 8.14. The van der Waals surface area contributed by atoms with E-state index in [1.807, 2.05) is 36.4 Å². The molecule has 0 aliphatic heterocycles. The molecule has 0 bridgehead atoms. The van der Waals surface area contributed by atoms with Crippen molar-refractivity contribution in [2.75, 3.05) is 23.8 Å². The number of amides is 1. The predicted molar refractivity (Wildman–Crippen MR) is 155 cm³/mol. The predicted octanol–water partition coefficient (Wildman–Crippen LogP) is 8.92. The van der Waals surface area contributed by atoms with E-state index in [0.717, 1.165) is 16.1 Å². The van der Waals surface area contributed by atoms with Crippen LogP contribution in [0.2, 0.25) is 0 Å². The molecule has 0 atom stereocenters. The topological polar surface area (TPSA) is 46.2 Å². The first-order valence-corrected chi connectivity index (χ1v) is 15.8. The molecule has 34 heavy (non-hydrogen) atoms. The molecular weight excluding hydrogens is 481 g/mol. The Balaban J connectivity index is 0.00000578. The molecule has 1 N–H and O–H groups in total. The lowest BCUT2D eigenvalue weighted by Crippen LogP contribution is -2.11. The van der Waals surface area contributed by atoms with Gasteiger partial charge in [0.2, 0.25) is 11.0 Å². The Morgan fingerprint density at radius 2 is 1.29 bits per heavy atom. The lowest BCUT2D eigenvalue weighted by Gasteiger charge is -2.28. The fraction of sp³-hybridized carbons (Fsp3) is 0.500. The Bertz CT molecular complexity index is 849. The number of nitrogens with one attached hydrogen (secondary N) is 1. The van der Waals surface area contributed by atoms with Gasteiger partial charge in [-0.3, -0.25) is 9.59 Å². The maximum absolute atomic E-state index is 12.8. The number of hydrogen-bond donors (Lipinski definition) is 1. The smallest absolute Gasteiger partial charge is 0.224 e. The standard InChI is InChI=1S/C28H40NO2PS.ClH/c1-5-8-19-32(20-9-6-2,21-10-7-3)22-24-11-13-25(14-12-24)28(31)33-27-17-15-26(16-18-27)29-23(4)30;/h11-18H,5-10,19-22H2,1-4H3;1H/p+1. The number of hydrogen-bond acceptors (Lipinski definition) is 3. The lowest BCUT2D eigenvalue weighted by atomic mass is 10.2. The summed E-state index contributed by atoms with van der Waals surface area (Å²) in [6.07, 6.45) is 13.3. The number of carbonyl (C=O) groups excluding carboxylic acids is 2. The molecule has 0 unspecified atom stereocenters. The summed E-state index contributed by atoms with van der Waals surface area (Å²) in [6, 6.07) is 15.8. The molecule has 0 aliphatic carbocycles. The SMILES string of the molecule is CCCC[P+](CCCC)(CCCC)Cc1ccc(C(=O)Sc2ccc(NC(C)=O)cc2)cc1.Cl. The maximum Gasteiger partial charge on any atom is 0.224 e. The average Bonchev–Trinajstić information content (AvgIpc) is 2.81. The Labute approximate surface area is 218 Å². The van der Waals surface area contributed by atoms with Crippen molar-refractivity contribution in [1.29, 1.82) is 0 Å². The fourth-order valence-corrected chi connectivity index (χ4v) is 9.99. The van der Waals surface area contributed by atoms with Crippen LogP contribution >= 0.6 is 31.4 Å². The summed E-state index contributed by atoms with van der Waals surface area (Å²) in [5.41, 5.74) is 2.88. The quantitative estimate of drug-likeness (QED) is 0.199. The minimum atomic E-state index is -0.996. The third kappa shape index (κ3) is 10.5. The number of thioether (sulfide) groups is 1. The zero-order valence-corrected chi connectivity index (χ0v) is 23.8. The molecule has 0 heterocycles. The van der Waals surface area contributed by atoms with Gasteiger partial charge >= 0.3 is 0 Å². The number of carbonyl (C=O) groups is 2. The van der Waals surface area contributed by atoms with Gasteiger partial charge in [-0.25, -0.2) is 0 Å². The van der Waals surface area contributed by atoms with Crippen LogP contribution < -0.4 is 5.32 Å². The zero-order chi connectivity index (χ0) is 24.1. The van der Waals surface area contributed by atoms with Crippen LogP contribution in [-0.2, 0) is 11.0 Å². The molecule has 0 spiro atoms. The van der Waals surface area contributed by atoms with Crippen LogP contribution in [0.4, 0.5) is 5.69 Å². The summed E-state index contributed by atoms with van der Waals surface area (Å²) < 4.78 is 0. The molecule has 0 aliphatic rings. The van der Waals surface area contributed by atoms with Gasteiger partial charge in [0, 0.05) is 30.3 Å². The Kier molecular flexibility index (Phi) is 14.7. The van der Waals surface area contributed by atoms with Crippen LogP contribution in [0.15, 0.2) is 53.4 Å². The molecule has 0 saturated heterocycles. The molecular formula is C28H42ClNO2PS+. The zero-order valence-electron chi connectivity index (χ0n) is 21.3. The van der Waals surface area contributed by atoms with Crippen molar-refractivity contribution in [2.45, 2.75) is 77.3 Å². The van der Waals surface area contributed by atoms with Gasteiger partial charge in [-0.05, 0) is 60.9 Å². The first-order chi connectivity index (χ1) is 15.9. The third-order valence-corrected chi connectivity index (χ3v) is 11.8. The monoisotopic (exact) mass is 522 g/mol. The van der Waals surface area contributed by atoms with Crippen molar-refractivity contribution < 1.29 is 9.59 Å². The molecule has 2 aromatic carbocycles. The molecule has 0 fully saturated rings. The van der Waals surface area contributed by atoms with Crippen molar-refractivity contribution in [3.63, 3.8) is 0 Å². The molecule has 0 saturated carbocycles. The minimum absolute atomic E-state index is 0. The van der Waals surface area contributed by atoms with Crippen LogP contribution in [-0.4, -0.2) is 29.5 Å². The second-order valence-electron chi connectivity index (χ2n) is 9.02. The van der Waals surface area contributed by atoms with E-state index in [0.29, 0.717) is 0 Å². The number of halogens is 1. The molecule has 2 rings (SSSR count). The third-order valence-electron chi connectivity index (χ3n) is 6.05. The summed E-state index contributed by atoms with van der Waals surface area (Å²) in [5.74, 6) is -0.0999. The molecule has 2 aromatic rings. The van der Waals surface area contributed by atoms with Crippen LogP contribution in [0.3, 0.4) is 0 Å². The molecule has 1 amide bonds. The van der Waals surface area contributed by atoms with Gasteiger partial charge in [0.05, 0.1) is 24.6 Å². The molecule has 0 aromatic heterocycles. The summed E-state index contributed by atoms with van der Waals surface area (Å²) in [6.45, 7) is 8.40. The Hall–Kier alpha value is -1.35. The van der Waals surface area contributed by atoms with Gasteiger partial charge in [0.15, 0.2) is 0 Å². The van der Waals surface area contributed by atoms with E-state index in [2.05, 4.69) is 38.2 Å². The van der Waals surface area contributed by atoms with Crippen LogP contribution in [0.5, 0.6) is 0 Å². The molecule has 188 valence electrons. The Morgan fingerprint density at radius 1 is 0.794 bits per heavy atom. The first-order valence-electron chi connectivity index (χ1n) is 12.4. The number of unbranched alkanes of at least 4 members (excludes halogenated alkanes) is 3. The van der Waals surface area contributed by atoms with Crippen molar-refractivity contribution >= 4 is 48.1 Å². The minimum Gasteiger partial charge on any atom is -0.326 e. The van der Waals surface area contributed by atoms with Crippen molar-refractivity contribution in [1.82, 2.24) is 0 Å². The van der Waals surface area contributed by atoms with Crippen LogP contribution in [0.25, 0.3) is 0 Å². The van der Waals surface area contributed by atoms with Crippen molar-refractivity contribution in [3.8, 4) is 0 Å². The number of anilines is 1. The first kappa shape index (κ1) is 30.7. The van der Waals surface area contributed by atoms with Gasteiger partial charge in [-0.15, -0.1) is 12.4 Å². The summed E-state index contributed by atoms with van der Waals surface area (Å²) in [4.78, 5) is 24.8. The summed E-state index contributed by atoms with van der Waals surface area (Å²) in [5, 5.41) is 2.80. The van der Waals surface area contributed by atoms with Gasteiger partial charge < -0.3 is 5.32 Å². The second-order valence-corrected chi connectivity index (χ2v) is 14.4. The van der Waals surface area contributed by atoms with Crippen LogP contribution in [0, 0.1) is 0 Å². The highest BCUT2D eigenvalue weighted by Gasteiger charge is 2.35. The van der Waals surface area contributed by atoms with E-state index >= 15 is 0 Å². The highest BCUT2D eigenvalue weighted by Crippen LogP contribution is 2.63. The van der Waals surface area contributed by atoms with E-state index in [9.17, 15) is 9.59 Å².